The van der Waals surface area contributed by atoms with Gasteiger partial charge >= 0.3 is 0 Å². The van der Waals surface area contributed by atoms with Gasteiger partial charge in [0.05, 0.1) is 6.61 Å². The van der Waals surface area contributed by atoms with Gasteiger partial charge in [-0.05, 0) is 6.92 Å². The molecule has 0 aliphatic rings. The van der Waals surface area contributed by atoms with Gasteiger partial charge in [0, 0.05) is 17.9 Å². The van der Waals surface area contributed by atoms with E-state index in [1.54, 1.807) is 0 Å². The summed E-state index contributed by atoms with van der Waals surface area (Å²) in [6.07, 6.45) is 0. The minimum absolute atomic E-state index is 0.0976. The molecule has 0 N–H and O–H groups in total. The molecule has 0 radical (unpaired) electrons. The minimum Gasteiger partial charge on any atom is -0.381 e. The Hall–Kier alpha value is -0.370. The van der Waals surface area contributed by atoms with Crippen LogP contribution in [0.2, 0.25) is 0 Å². The molecule has 0 rings (SSSR count). The number of Topliss-reactive ketones (excluding diaryl/α,β-unsaturated/α-hetero) is 1. The Bertz CT molecular complexity index is 148. The highest BCUT2D eigenvalue weighted by molar-refractivity contribution is 5.85. The van der Waals surface area contributed by atoms with Gasteiger partial charge in [-0.15, -0.1) is 0 Å². The summed E-state index contributed by atoms with van der Waals surface area (Å²) in [5, 5.41) is 0. The lowest BCUT2D eigenvalue weighted by molar-refractivity contribution is -0.133. The van der Waals surface area contributed by atoms with Crippen molar-refractivity contribution < 1.29 is 9.53 Å². The maximum atomic E-state index is 11.6. The van der Waals surface area contributed by atoms with Crippen molar-refractivity contribution in [1.29, 1.82) is 0 Å². The molecule has 0 aliphatic heterocycles. The first-order valence-electron chi connectivity index (χ1n) is 4.54. The molecule has 0 aromatic rings. The van der Waals surface area contributed by atoms with Crippen LogP contribution in [0.4, 0.5) is 0 Å². The van der Waals surface area contributed by atoms with Crippen LogP contribution < -0.4 is 0 Å². The molecule has 2 nitrogen and oxygen atoms in total. The Kier molecular flexibility index (Phi) is 4.46. The summed E-state index contributed by atoms with van der Waals surface area (Å²) in [6.45, 7) is 10.9. The molecular formula is C10H20O2. The second-order valence-corrected chi connectivity index (χ2v) is 4.04. The molecule has 0 aromatic carbocycles. The number of hydrogen-bond acceptors (Lipinski definition) is 2. The fourth-order valence-corrected chi connectivity index (χ4v) is 1.21. The second-order valence-electron chi connectivity index (χ2n) is 4.04. The summed E-state index contributed by atoms with van der Waals surface area (Å²) in [6, 6.07) is 0. The third kappa shape index (κ3) is 3.35. The number of rotatable bonds is 5. The number of carbonyl (C=O) groups is 1. The maximum Gasteiger partial charge on any atom is 0.143 e. The quantitative estimate of drug-likeness (QED) is 0.636. The van der Waals surface area contributed by atoms with Crippen LogP contribution in [-0.2, 0) is 9.53 Å². The molecule has 0 amide bonds. The fraction of sp³-hybridized carbons (Fsp3) is 0.900. The van der Waals surface area contributed by atoms with Crippen LogP contribution in [0.25, 0.3) is 0 Å². The molecule has 0 aromatic heterocycles. The van der Waals surface area contributed by atoms with Crippen molar-refractivity contribution in [2.24, 2.45) is 11.3 Å². The van der Waals surface area contributed by atoms with Gasteiger partial charge in [0.2, 0.25) is 0 Å². The van der Waals surface area contributed by atoms with Crippen LogP contribution in [0.5, 0.6) is 0 Å². The first kappa shape index (κ1) is 11.6. The van der Waals surface area contributed by atoms with Crippen LogP contribution in [0.1, 0.15) is 34.6 Å². The van der Waals surface area contributed by atoms with E-state index in [2.05, 4.69) is 0 Å². The van der Waals surface area contributed by atoms with Crippen LogP contribution in [0, 0.1) is 11.3 Å². The summed E-state index contributed by atoms with van der Waals surface area (Å²) in [5.41, 5.74) is -0.329. The SMILES string of the molecule is CCOCC(C)(C)C(=O)C(C)C. The van der Waals surface area contributed by atoms with E-state index in [1.165, 1.54) is 0 Å². The largest absolute Gasteiger partial charge is 0.381 e. The van der Waals surface area contributed by atoms with Crippen molar-refractivity contribution in [3.8, 4) is 0 Å². The predicted octanol–water partition coefficient (Wildman–Crippen LogP) is 2.27. The lowest BCUT2D eigenvalue weighted by atomic mass is 9.83. The zero-order chi connectivity index (χ0) is 9.78. The third-order valence-corrected chi connectivity index (χ3v) is 1.86. The zero-order valence-electron chi connectivity index (χ0n) is 8.81. The van der Waals surface area contributed by atoms with E-state index in [-0.39, 0.29) is 17.1 Å². The van der Waals surface area contributed by atoms with Crippen molar-refractivity contribution in [2.45, 2.75) is 34.6 Å². The average molecular weight is 172 g/mol. The Morgan fingerprint density at radius 2 is 1.92 bits per heavy atom. The highest BCUT2D eigenvalue weighted by Crippen LogP contribution is 2.21. The fourth-order valence-electron chi connectivity index (χ4n) is 1.21. The summed E-state index contributed by atoms with van der Waals surface area (Å²) in [5.74, 6) is 0.372. The van der Waals surface area contributed by atoms with Crippen LogP contribution in [0.15, 0.2) is 0 Å². The number of ketones is 1. The summed E-state index contributed by atoms with van der Waals surface area (Å²) < 4.78 is 5.25. The first-order chi connectivity index (χ1) is 5.41. The molecule has 0 unspecified atom stereocenters. The van der Waals surface area contributed by atoms with Crippen LogP contribution in [0.3, 0.4) is 0 Å². The molecule has 72 valence electrons. The normalized spacial score (nSPS) is 12.2. The Morgan fingerprint density at radius 3 is 2.25 bits per heavy atom. The summed E-state index contributed by atoms with van der Waals surface area (Å²) in [4.78, 5) is 11.6. The van der Waals surface area contributed by atoms with Gasteiger partial charge < -0.3 is 4.74 Å². The van der Waals surface area contributed by atoms with Crippen LogP contribution >= 0.6 is 0 Å². The van der Waals surface area contributed by atoms with Gasteiger partial charge in [-0.3, -0.25) is 4.79 Å². The number of ether oxygens (including phenoxy) is 1. The molecule has 0 aliphatic carbocycles. The molecular weight excluding hydrogens is 152 g/mol. The standard InChI is InChI=1S/C10H20O2/c1-6-12-7-10(4,5)9(11)8(2)3/h8H,6-7H2,1-5H3. The highest BCUT2D eigenvalue weighted by Gasteiger charge is 2.29. The van der Waals surface area contributed by atoms with Gasteiger partial charge in [-0.1, -0.05) is 27.7 Å². The van der Waals surface area contributed by atoms with Gasteiger partial charge in [-0.2, -0.15) is 0 Å². The molecule has 12 heavy (non-hydrogen) atoms. The van der Waals surface area contributed by atoms with E-state index in [9.17, 15) is 4.79 Å². The molecule has 0 saturated heterocycles. The van der Waals surface area contributed by atoms with E-state index in [1.807, 2.05) is 34.6 Å². The summed E-state index contributed by atoms with van der Waals surface area (Å²) in [7, 11) is 0. The molecule has 0 bridgehead atoms. The van der Waals surface area contributed by atoms with Gasteiger partial charge in [-0.25, -0.2) is 0 Å². The monoisotopic (exact) mass is 172 g/mol. The Morgan fingerprint density at radius 1 is 1.42 bits per heavy atom. The Balaban J connectivity index is 4.09. The number of carbonyl (C=O) groups excluding carboxylic acids is 1. The molecule has 0 atom stereocenters. The van der Waals surface area contributed by atoms with Crippen molar-refractivity contribution in [3.63, 3.8) is 0 Å². The number of hydrogen-bond donors (Lipinski definition) is 0. The second kappa shape index (κ2) is 4.61. The smallest absolute Gasteiger partial charge is 0.143 e. The van der Waals surface area contributed by atoms with E-state index in [0.717, 1.165) is 0 Å². The lowest BCUT2D eigenvalue weighted by Crippen LogP contribution is -2.33. The van der Waals surface area contributed by atoms with Crippen LogP contribution in [-0.4, -0.2) is 19.0 Å². The maximum absolute atomic E-state index is 11.6. The molecule has 2 heteroatoms. The highest BCUT2D eigenvalue weighted by atomic mass is 16.5. The van der Waals surface area contributed by atoms with Crippen molar-refractivity contribution in [1.82, 2.24) is 0 Å². The Labute approximate surface area is 75.3 Å². The molecule has 0 saturated carbocycles. The van der Waals surface area contributed by atoms with Crippen molar-refractivity contribution in [3.05, 3.63) is 0 Å². The topological polar surface area (TPSA) is 26.3 Å². The summed E-state index contributed by atoms with van der Waals surface area (Å²) >= 11 is 0. The van der Waals surface area contributed by atoms with Gasteiger partial charge in [0.25, 0.3) is 0 Å². The van der Waals surface area contributed by atoms with Crippen molar-refractivity contribution >= 4 is 5.78 Å². The molecule has 0 spiro atoms. The molecule has 0 fully saturated rings. The van der Waals surface area contributed by atoms with Gasteiger partial charge in [0.1, 0.15) is 5.78 Å². The minimum atomic E-state index is -0.329. The van der Waals surface area contributed by atoms with E-state index < -0.39 is 0 Å². The third-order valence-electron chi connectivity index (χ3n) is 1.86. The average Bonchev–Trinajstić information content (AvgIpc) is 1.99. The molecule has 0 heterocycles. The zero-order valence-corrected chi connectivity index (χ0v) is 8.81. The van der Waals surface area contributed by atoms with Crippen molar-refractivity contribution in [2.75, 3.05) is 13.2 Å². The lowest BCUT2D eigenvalue weighted by Gasteiger charge is -2.24. The van der Waals surface area contributed by atoms with Gasteiger partial charge in [0.15, 0.2) is 0 Å². The van der Waals surface area contributed by atoms with E-state index >= 15 is 0 Å². The first-order valence-corrected chi connectivity index (χ1v) is 4.54. The van der Waals surface area contributed by atoms with E-state index in [0.29, 0.717) is 13.2 Å². The van der Waals surface area contributed by atoms with E-state index in [4.69, 9.17) is 4.74 Å². The predicted molar refractivity (Wildman–Crippen MR) is 50.1 cm³/mol.